The van der Waals surface area contributed by atoms with Gasteiger partial charge in [0.1, 0.15) is 0 Å². The van der Waals surface area contributed by atoms with Crippen LogP contribution in [-0.4, -0.2) is 12.2 Å². The van der Waals surface area contributed by atoms with Crippen molar-refractivity contribution in [2.24, 2.45) is 5.41 Å². The van der Waals surface area contributed by atoms with Crippen molar-refractivity contribution >= 4 is 12.2 Å². The summed E-state index contributed by atoms with van der Waals surface area (Å²) in [5.41, 5.74) is -0.0570. The third kappa shape index (κ3) is 10.2. The molecule has 0 aromatic carbocycles. The number of rotatable bonds is 3. The largest absolute Gasteiger partial charge is 0.541 e. The summed E-state index contributed by atoms with van der Waals surface area (Å²) in [5.74, 6) is -0.310. The van der Waals surface area contributed by atoms with Gasteiger partial charge in [0.15, 0.2) is 5.91 Å². The van der Waals surface area contributed by atoms with Crippen LogP contribution in [0.25, 0.3) is 0 Å². The van der Waals surface area contributed by atoms with Crippen molar-refractivity contribution in [3.63, 3.8) is 0 Å². The van der Waals surface area contributed by atoms with Gasteiger partial charge < -0.3 is 10.1 Å². The van der Waals surface area contributed by atoms with Gasteiger partial charge >= 0.3 is 0 Å². The quantitative estimate of drug-likeness (QED) is 0.589. The minimum Gasteiger partial charge on any atom is -0.541 e. The molecule has 0 aliphatic rings. The molecule has 67 valence electrons. The van der Waals surface area contributed by atoms with Crippen LogP contribution in [0.2, 0.25) is 0 Å². The molecule has 0 aliphatic heterocycles. The summed E-state index contributed by atoms with van der Waals surface area (Å²) in [5, 5.41) is 2.50. The van der Waals surface area contributed by atoms with E-state index in [1.807, 2.05) is 20.8 Å². The average molecular weight is 244 g/mol. The predicted molar refractivity (Wildman–Crippen MR) is 42.2 cm³/mol. The van der Waals surface area contributed by atoms with Gasteiger partial charge in [-0.25, -0.2) is 6.54 Å². The van der Waals surface area contributed by atoms with Crippen LogP contribution in [0.15, 0.2) is 0 Å². The maximum Gasteiger partial charge on any atom is 0.164 e. The Hall–Kier alpha value is 0.244. The molecule has 0 atom stereocenters. The molecular weight excluding hydrogens is 231 g/mol. The monoisotopic (exact) mass is 244 g/mol. The summed E-state index contributed by atoms with van der Waals surface area (Å²) in [6, 6.07) is 0. The first-order valence-corrected chi connectivity index (χ1v) is 3.44. The van der Waals surface area contributed by atoms with E-state index in [1.165, 1.54) is 6.29 Å². The summed E-state index contributed by atoms with van der Waals surface area (Å²) < 4.78 is 0. The molecule has 1 N–H and O–H groups in total. The molecule has 3 nitrogen and oxygen atoms in total. The van der Waals surface area contributed by atoms with Crippen LogP contribution in [0.1, 0.15) is 27.2 Å². The first-order valence-electron chi connectivity index (χ1n) is 3.44. The Kier molecular flexibility index (Phi) is 8.27. The van der Waals surface area contributed by atoms with Crippen molar-refractivity contribution in [3.05, 3.63) is 6.54 Å². The van der Waals surface area contributed by atoms with E-state index in [1.54, 1.807) is 6.54 Å². The van der Waals surface area contributed by atoms with Crippen molar-refractivity contribution < 1.29 is 42.3 Å². The topological polar surface area (TPSA) is 46.2 Å². The molecule has 12 heavy (non-hydrogen) atoms. The Bertz CT molecular complexity index is 152. The van der Waals surface area contributed by atoms with E-state index in [2.05, 4.69) is 5.32 Å². The van der Waals surface area contributed by atoms with Gasteiger partial charge in [-0.2, -0.15) is 0 Å². The van der Waals surface area contributed by atoms with Crippen LogP contribution in [0, 0.1) is 12.0 Å². The molecule has 0 aliphatic carbocycles. The average Bonchev–Trinajstić information content (AvgIpc) is 1.83. The van der Waals surface area contributed by atoms with Crippen LogP contribution in [0.4, 0.5) is 0 Å². The Morgan fingerprint density at radius 1 is 1.50 bits per heavy atom. The maximum atomic E-state index is 10.7. The van der Waals surface area contributed by atoms with E-state index in [0.29, 0.717) is 0 Å². The fourth-order valence-electron chi connectivity index (χ4n) is 0.414. The van der Waals surface area contributed by atoms with E-state index < -0.39 is 0 Å². The van der Waals surface area contributed by atoms with E-state index >= 15 is 0 Å². The minimum atomic E-state index is -0.310. The van der Waals surface area contributed by atoms with Gasteiger partial charge in [0, 0.05) is 32.7 Å². The molecule has 0 aromatic rings. The predicted octanol–water partition coefficient (Wildman–Crippen LogP) is 0.808. The molecule has 4 heteroatoms. The number of hydrogen-bond donors (Lipinski definition) is 1. The molecule has 0 heterocycles. The second-order valence-electron chi connectivity index (χ2n) is 3.40. The number of hydrogen-bond acceptors (Lipinski definition) is 2. The van der Waals surface area contributed by atoms with E-state index in [-0.39, 0.29) is 50.5 Å². The Labute approximate surface area is 98.6 Å². The van der Waals surface area contributed by atoms with Crippen molar-refractivity contribution in [2.75, 3.05) is 0 Å². The molecule has 1 radical (unpaired) electrons. The molecule has 0 bridgehead atoms. The standard InChI is InChI=1S/C8H13NO2.Y/c1-8(2,3)6-9-7(11)4-5-10;/h6H,4H2,1-3H3,(H,9,11);/q-2;. The normalized spacial score (nSPS) is 9.92. The van der Waals surface area contributed by atoms with Gasteiger partial charge in [-0.1, -0.05) is 27.2 Å². The van der Waals surface area contributed by atoms with E-state index in [9.17, 15) is 9.59 Å². The summed E-state index contributed by atoms with van der Waals surface area (Å²) in [6.07, 6.45) is 1.33. The second kappa shape index (κ2) is 6.73. The molecule has 0 rings (SSSR count). The molecule has 0 spiro atoms. The third-order valence-electron chi connectivity index (χ3n) is 0.899. The van der Waals surface area contributed by atoms with E-state index in [4.69, 9.17) is 0 Å². The molecule has 0 saturated carbocycles. The van der Waals surface area contributed by atoms with Crippen LogP contribution in [0.3, 0.4) is 0 Å². The van der Waals surface area contributed by atoms with Crippen molar-refractivity contribution in [2.45, 2.75) is 27.2 Å². The van der Waals surface area contributed by atoms with Crippen molar-refractivity contribution in [3.8, 4) is 0 Å². The fourth-order valence-corrected chi connectivity index (χ4v) is 0.414. The zero-order chi connectivity index (χ0) is 8.91. The maximum absolute atomic E-state index is 10.7. The molecular formula is C8H13NO2Y-2. The smallest absolute Gasteiger partial charge is 0.164 e. The van der Waals surface area contributed by atoms with Crippen LogP contribution in [-0.2, 0) is 42.3 Å². The molecule has 0 saturated heterocycles. The molecule has 1 amide bonds. The van der Waals surface area contributed by atoms with Crippen molar-refractivity contribution in [1.82, 2.24) is 5.32 Å². The number of nitrogens with one attached hydrogen (secondary N) is 1. The summed E-state index contributed by atoms with van der Waals surface area (Å²) in [6.45, 7) is 7.53. The van der Waals surface area contributed by atoms with Crippen molar-refractivity contribution in [1.29, 1.82) is 0 Å². The Morgan fingerprint density at radius 3 is 2.33 bits per heavy atom. The first-order chi connectivity index (χ1) is 4.95. The number of amides is 1. The molecule has 0 unspecified atom stereocenters. The number of carbonyl (C=O) groups is 1. The SMILES string of the molecule is CC(C)(C)[CH-]NC(=O)C[C-]=O.[Y]. The minimum absolute atomic E-state index is 0. The van der Waals surface area contributed by atoms with Gasteiger partial charge in [-0.3, -0.25) is 11.1 Å². The zero-order valence-electron chi connectivity index (χ0n) is 7.68. The second-order valence-corrected chi connectivity index (χ2v) is 3.40. The summed E-state index contributed by atoms with van der Waals surface area (Å²) in [7, 11) is 0. The van der Waals surface area contributed by atoms with Crippen LogP contribution in [0.5, 0.6) is 0 Å². The zero-order valence-corrected chi connectivity index (χ0v) is 10.5. The van der Waals surface area contributed by atoms with E-state index in [0.717, 1.165) is 0 Å². The third-order valence-corrected chi connectivity index (χ3v) is 0.899. The fraction of sp³-hybridized carbons (Fsp3) is 0.625. The first kappa shape index (κ1) is 14.8. The van der Waals surface area contributed by atoms with Gasteiger partial charge in [-0.15, -0.1) is 5.41 Å². The number of carbonyl (C=O) groups excluding carboxylic acids is 2. The van der Waals surface area contributed by atoms with Crippen LogP contribution < -0.4 is 5.32 Å². The van der Waals surface area contributed by atoms with Gasteiger partial charge in [0.05, 0.1) is 0 Å². The van der Waals surface area contributed by atoms with Crippen LogP contribution >= 0.6 is 0 Å². The molecule has 0 fully saturated rings. The molecule has 0 aromatic heterocycles. The van der Waals surface area contributed by atoms with Gasteiger partial charge in [0.2, 0.25) is 0 Å². The Balaban J connectivity index is 0. The summed E-state index contributed by atoms with van der Waals surface area (Å²) in [4.78, 5) is 20.4. The van der Waals surface area contributed by atoms with Gasteiger partial charge in [0.25, 0.3) is 0 Å². The Morgan fingerprint density at radius 2 is 2.00 bits per heavy atom. The summed E-state index contributed by atoms with van der Waals surface area (Å²) >= 11 is 0. The van der Waals surface area contributed by atoms with Gasteiger partial charge in [-0.05, 0) is 0 Å².